The van der Waals surface area contributed by atoms with Gasteiger partial charge >= 0.3 is 6.09 Å². The van der Waals surface area contributed by atoms with Crippen LogP contribution in [0, 0.1) is 28.6 Å². The van der Waals surface area contributed by atoms with Gasteiger partial charge in [0.05, 0.1) is 6.10 Å². The van der Waals surface area contributed by atoms with Crippen LogP contribution in [0.15, 0.2) is 0 Å². The number of nitrogens with two attached hydrogens (primary N) is 1. The number of fused-ring (bicyclic) bond motifs is 5. The molecule has 0 bridgehead atoms. The minimum atomic E-state index is -0.396. The van der Waals surface area contributed by atoms with Crippen LogP contribution in [0.1, 0.15) is 90.9 Å². The summed E-state index contributed by atoms with van der Waals surface area (Å²) in [5.74, 6) is 2.06. The van der Waals surface area contributed by atoms with Crippen molar-refractivity contribution in [3.05, 3.63) is 0 Å². The number of β-amino-alcohol motifs (C(OH)–C–C–N with tert-alkyl or cyclic N) is 1. The van der Waals surface area contributed by atoms with Crippen molar-refractivity contribution < 1.29 is 14.6 Å². The summed E-state index contributed by atoms with van der Waals surface area (Å²) >= 11 is 0. The maximum Gasteiger partial charge on any atom is 0.410 e. The number of likely N-dealkylation sites (tertiary alicyclic amines) is 1. The Morgan fingerprint density at radius 3 is 2.63 bits per heavy atom. The van der Waals surface area contributed by atoms with Gasteiger partial charge in [0.2, 0.25) is 0 Å². The third-order valence-corrected chi connectivity index (χ3v) is 10.7. The molecule has 0 spiro atoms. The van der Waals surface area contributed by atoms with E-state index in [1.54, 1.807) is 4.90 Å². The molecule has 5 fully saturated rings. The number of nitrogens with zero attached hydrogens (tertiary/aromatic N) is 1. The van der Waals surface area contributed by atoms with Crippen molar-refractivity contribution in [2.45, 2.75) is 109 Å². The number of rotatable bonds is 1. The second kappa shape index (κ2) is 7.37. The Labute approximate surface area is 182 Å². The lowest BCUT2D eigenvalue weighted by atomic mass is 9.43. The Morgan fingerprint density at radius 1 is 1.00 bits per heavy atom. The molecule has 30 heavy (non-hydrogen) atoms. The van der Waals surface area contributed by atoms with Crippen LogP contribution in [0.2, 0.25) is 0 Å². The van der Waals surface area contributed by atoms with Gasteiger partial charge in [-0.25, -0.2) is 4.79 Å². The third kappa shape index (κ3) is 3.13. The van der Waals surface area contributed by atoms with E-state index in [4.69, 9.17) is 10.5 Å². The standard InChI is InChI=1S/C25H42N2O3/c1-23-10-4-11-25(23,26)21-7-6-17-15-19(8-13-24(17,2)20(21)9-12-23)30-22(29)27-14-3-5-18(28)16-27/h17-21,28H,3-16,26H2,1-2H3/t17-,18+,19+,20+,21?,23+,24+,25+/m1/s1. The van der Waals surface area contributed by atoms with Gasteiger partial charge in [0.25, 0.3) is 0 Å². The van der Waals surface area contributed by atoms with Gasteiger partial charge in [0, 0.05) is 18.6 Å². The highest BCUT2D eigenvalue weighted by Gasteiger charge is 2.63. The summed E-state index contributed by atoms with van der Waals surface area (Å²) < 4.78 is 5.97. The van der Waals surface area contributed by atoms with Crippen LogP contribution < -0.4 is 5.73 Å². The molecular weight excluding hydrogens is 376 g/mol. The summed E-state index contributed by atoms with van der Waals surface area (Å²) in [7, 11) is 0. The summed E-state index contributed by atoms with van der Waals surface area (Å²) in [6.45, 7) is 6.14. The summed E-state index contributed by atoms with van der Waals surface area (Å²) in [6.07, 6.45) is 13.2. The molecule has 1 heterocycles. The molecule has 0 radical (unpaired) electrons. The van der Waals surface area contributed by atoms with E-state index in [9.17, 15) is 9.90 Å². The molecule has 5 nitrogen and oxygen atoms in total. The Morgan fingerprint density at radius 2 is 1.83 bits per heavy atom. The number of amides is 1. The fourth-order valence-corrected chi connectivity index (χ4v) is 8.72. The maximum absolute atomic E-state index is 12.7. The van der Waals surface area contributed by atoms with Crippen molar-refractivity contribution in [2.75, 3.05) is 13.1 Å². The second-order valence-electron chi connectivity index (χ2n) is 12.0. The van der Waals surface area contributed by atoms with Crippen LogP contribution in [-0.4, -0.2) is 46.9 Å². The highest BCUT2D eigenvalue weighted by molar-refractivity contribution is 5.68. The van der Waals surface area contributed by atoms with E-state index in [0.717, 1.165) is 38.0 Å². The first-order chi connectivity index (χ1) is 14.3. The van der Waals surface area contributed by atoms with Crippen molar-refractivity contribution in [2.24, 2.45) is 34.3 Å². The topological polar surface area (TPSA) is 75.8 Å². The van der Waals surface area contributed by atoms with Gasteiger partial charge < -0.3 is 20.5 Å². The van der Waals surface area contributed by atoms with Crippen molar-refractivity contribution >= 4 is 6.09 Å². The molecule has 0 aromatic carbocycles. The van der Waals surface area contributed by atoms with Crippen LogP contribution >= 0.6 is 0 Å². The average molecular weight is 419 g/mol. The second-order valence-corrected chi connectivity index (χ2v) is 12.0. The van der Waals surface area contributed by atoms with Crippen molar-refractivity contribution in [1.29, 1.82) is 0 Å². The molecule has 5 aliphatic rings. The zero-order chi connectivity index (χ0) is 21.1. The minimum absolute atomic E-state index is 0.0402. The number of carbonyl (C=O) groups excluding carboxylic acids is 1. The van der Waals surface area contributed by atoms with Crippen LogP contribution in [0.25, 0.3) is 0 Å². The lowest BCUT2D eigenvalue weighted by Crippen LogP contribution is -2.65. The summed E-state index contributed by atoms with van der Waals surface area (Å²) in [5.41, 5.74) is 7.97. The van der Waals surface area contributed by atoms with E-state index >= 15 is 0 Å². The highest BCUT2D eigenvalue weighted by Crippen LogP contribution is 2.67. The fraction of sp³-hybridized carbons (Fsp3) is 0.960. The Hall–Kier alpha value is -0.810. The third-order valence-electron chi connectivity index (χ3n) is 10.7. The van der Waals surface area contributed by atoms with Gasteiger partial charge in [-0.1, -0.05) is 20.3 Å². The normalized spacial score (nSPS) is 50.9. The van der Waals surface area contributed by atoms with Crippen LogP contribution in [0.4, 0.5) is 4.79 Å². The van der Waals surface area contributed by atoms with Gasteiger partial charge in [-0.05, 0) is 99.2 Å². The van der Waals surface area contributed by atoms with E-state index in [0.29, 0.717) is 35.8 Å². The number of aliphatic hydroxyl groups is 1. The summed E-state index contributed by atoms with van der Waals surface area (Å²) in [5, 5.41) is 9.88. The molecule has 8 atom stereocenters. The SMILES string of the molecule is C[C@]12CC[C@H](OC(=O)N3CCC[C@H](O)C3)C[C@H]1CCC1[C@@H]2CC[C@]2(C)CCC[C@]12N. The molecule has 5 heteroatoms. The monoisotopic (exact) mass is 418 g/mol. The number of hydrogen-bond donors (Lipinski definition) is 2. The van der Waals surface area contributed by atoms with Gasteiger partial charge in [-0.3, -0.25) is 0 Å². The Bertz CT molecular complexity index is 685. The number of ether oxygens (including phenoxy) is 1. The molecule has 1 aliphatic heterocycles. The van der Waals surface area contributed by atoms with E-state index in [-0.39, 0.29) is 17.7 Å². The van der Waals surface area contributed by atoms with E-state index in [1.165, 1.54) is 44.9 Å². The van der Waals surface area contributed by atoms with Crippen LogP contribution in [0.3, 0.4) is 0 Å². The highest BCUT2D eigenvalue weighted by atomic mass is 16.6. The zero-order valence-electron chi connectivity index (χ0n) is 19.1. The van der Waals surface area contributed by atoms with Crippen LogP contribution in [0.5, 0.6) is 0 Å². The maximum atomic E-state index is 12.7. The molecule has 1 unspecified atom stereocenters. The molecule has 1 saturated heterocycles. The number of piperidine rings is 1. The summed E-state index contributed by atoms with van der Waals surface area (Å²) in [6, 6.07) is 0. The molecular formula is C25H42N2O3. The number of hydrogen-bond acceptors (Lipinski definition) is 4. The van der Waals surface area contributed by atoms with Crippen molar-refractivity contribution in [3.8, 4) is 0 Å². The van der Waals surface area contributed by atoms with Gasteiger partial charge in [0.1, 0.15) is 6.10 Å². The first kappa shape index (κ1) is 21.1. The molecule has 0 aromatic heterocycles. The largest absolute Gasteiger partial charge is 0.446 e. The van der Waals surface area contributed by atoms with E-state index in [2.05, 4.69) is 13.8 Å². The smallest absolute Gasteiger partial charge is 0.410 e. The Kier molecular flexibility index (Phi) is 5.17. The number of aliphatic hydroxyl groups excluding tert-OH is 1. The molecule has 4 aliphatic carbocycles. The van der Waals surface area contributed by atoms with Gasteiger partial charge in [-0.15, -0.1) is 0 Å². The predicted molar refractivity (Wildman–Crippen MR) is 117 cm³/mol. The van der Waals surface area contributed by atoms with Crippen molar-refractivity contribution in [1.82, 2.24) is 4.90 Å². The molecule has 4 saturated carbocycles. The average Bonchev–Trinajstić information content (AvgIpc) is 3.03. The number of carbonyl (C=O) groups is 1. The zero-order valence-corrected chi connectivity index (χ0v) is 19.1. The minimum Gasteiger partial charge on any atom is -0.446 e. The Balaban J connectivity index is 1.25. The van der Waals surface area contributed by atoms with E-state index < -0.39 is 6.10 Å². The lowest BCUT2D eigenvalue weighted by Gasteiger charge is -2.63. The summed E-state index contributed by atoms with van der Waals surface area (Å²) in [4.78, 5) is 14.4. The predicted octanol–water partition coefficient (Wildman–Crippen LogP) is 4.46. The van der Waals surface area contributed by atoms with Gasteiger partial charge in [-0.2, -0.15) is 0 Å². The molecule has 0 aromatic rings. The molecule has 5 rings (SSSR count). The van der Waals surface area contributed by atoms with Gasteiger partial charge in [0.15, 0.2) is 0 Å². The molecule has 1 amide bonds. The quantitative estimate of drug-likeness (QED) is 0.659. The van der Waals surface area contributed by atoms with Crippen molar-refractivity contribution in [3.63, 3.8) is 0 Å². The first-order valence-electron chi connectivity index (χ1n) is 12.7. The van der Waals surface area contributed by atoms with Crippen LogP contribution in [-0.2, 0) is 4.74 Å². The fourth-order valence-electron chi connectivity index (χ4n) is 8.72. The van der Waals surface area contributed by atoms with E-state index in [1.807, 2.05) is 0 Å². The molecule has 170 valence electrons. The molecule has 3 N–H and O–H groups in total. The first-order valence-corrected chi connectivity index (χ1v) is 12.7. The lowest BCUT2D eigenvalue weighted by molar-refractivity contribution is -0.131.